The molecule has 2 amide bonds. The molecule has 1 aromatic carbocycles. The zero-order chi connectivity index (χ0) is 18.6. The van der Waals surface area contributed by atoms with E-state index in [2.05, 4.69) is 10.6 Å². The second kappa shape index (κ2) is 8.34. The van der Waals surface area contributed by atoms with Crippen molar-refractivity contribution >= 4 is 17.5 Å². The molecule has 0 aromatic heterocycles. The maximum atomic E-state index is 12.4. The van der Waals surface area contributed by atoms with Gasteiger partial charge in [0.15, 0.2) is 0 Å². The Morgan fingerprint density at radius 1 is 1.24 bits per heavy atom. The largest absolute Gasteiger partial charge is 0.376 e. The number of hydrogen-bond donors (Lipinski definition) is 2. The Hall–Kier alpha value is -2.08. The summed E-state index contributed by atoms with van der Waals surface area (Å²) in [6.07, 6.45) is 0.126. The lowest BCUT2D eigenvalue weighted by molar-refractivity contribution is -0.141. The molecule has 1 heterocycles. The third-order valence-corrected chi connectivity index (χ3v) is 4.11. The van der Waals surface area contributed by atoms with Crippen molar-refractivity contribution in [2.75, 3.05) is 25.0 Å². The van der Waals surface area contributed by atoms with E-state index in [0.29, 0.717) is 18.7 Å². The van der Waals surface area contributed by atoms with E-state index in [9.17, 15) is 9.59 Å². The van der Waals surface area contributed by atoms with Crippen molar-refractivity contribution < 1.29 is 14.3 Å². The van der Waals surface area contributed by atoms with Crippen LogP contribution >= 0.6 is 0 Å². The summed E-state index contributed by atoms with van der Waals surface area (Å²) in [5.74, 6) is -0.0277. The van der Waals surface area contributed by atoms with E-state index in [1.807, 2.05) is 51.7 Å². The first-order chi connectivity index (χ1) is 11.8. The first-order valence-corrected chi connectivity index (χ1v) is 8.85. The highest BCUT2D eigenvalue weighted by atomic mass is 16.5. The molecule has 6 nitrogen and oxygen atoms in total. The van der Waals surface area contributed by atoms with Crippen LogP contribution in [0.4, 0.5) is 5.69 Å². The lowest BCUT2D eigenvalue weighted by Gasteiger charge is -2.35. The number of morpholine rings is 1. The number of benzene rings is 1. The van der Waals surface area contributed by atoms with Crippen LogP contribution < -0.4 is 10.6 Å². The topological polar surface area (TPSA) is 70.7 Å². The Balaban J connectivity index is 1.94. The monoisotopic (exact) mass is 347 g/mol. The van der Waals surface area contributed by atoms with Gasteiger partial charge in [0.1, 0.15) is 0 Å². The second-order valence-electron chi connectivity index (χ2n) is 7.07. The van der Waals surface area contributed by atoms with Gasteiger partial charge in [-0.2, -0.15) is 0 Å². The lowest BCUT2D eigenvalue weighted by atomic mass is 10.1. The van der Waals surface area contributed by atoms with Crippen molar-refractivity contribution in [3.05, 3.63) is 29.3 Å². The van der Waals surface area contributed by atoms with E-state index >= 15 is 0 Å². The third-order valence-electron chi connectivity index (χ3n) is 4.11. The van der Waals surface area contributed by atoms with Crippen LogP contribution in [-0.4, -0.2) is 54.6 Å². The number of carbonyl (C=O) groups excluding carboxylic acids is 2. The molecule has 0 spiro atoms. The van der Waals surface area contributed by atoms with Crippen LogP contribution in [0.15, 0.2) is 18.2 Å². The molecule has 2 rings (SSSR count). The van der Waals surface area contributed by atoms with E-state index in [1.165, 1.54) is 0 Å². The number of hydrogen-bond acceptors (Lipinski definition) is 4. The molecule has 1 aliphatic rings. The van der Waals surface area contributed by atoms with Crippen molar-refractivity contribution in [2.24, 2.45) is 0 Å². The van der Waals surface area contributed by atoms with Crippen LogP contribution in [0, 0.1) is 6.92 Å². The van der Waals surface area contributed by atoms with E-state index in [4.69, 9.17) is 4.74 Å². The average Bonchev–Trinajstić information content (AvgIpc) is 2.51. The van der Waals surface area contributed by atoms with Crippen LogP contribution in [0.1, 0.15) is 43.6 Å². The van der Waals surface area contributed by atoms with Crippen molar-refractivity contribution in [3.8, 4) is 0 Å². The summed E-state index contributed by atoms with van der Waals surface area (Å²) in [5, 5.41) is 6.06. The highest BCUT2D eigenvalue weighted by Gasteiger charge is 2.25. The van der Waals surface area contributed by atoms with E-state index in [1.54, 1.807) is 6.07 Å². The molecule has 138 valence electrons. The molecule has 1 aliphatic heterocycles. The highest BCUT2D eigenvalue weighted by molar-refractivity contribution is 5.95. The SMILES string of the molecule is Cc1cc(C(=O)NC(C)C)ccc1NCC(=O)N1CC(C)OC(C)C1. The van der Waals surface area contributed by atoms with Gasteiger partial charge in [-0.25, -0.2) is 0 Å². The molecule has 2 N–H and O–H groups in total. The van der Waals surface area contributed by atoms with Crippen molar-refractivity contribution in [1.29, 1.82) is 0 Å². The minimum absolute atomic E-state index is 0.0584. The maximum absolute atomic E-state index is 12.4. The number of nitrogens with one attached hydrogen (secondary N) is 2. The van der Waals surface area contributed by atoms with Gasteiger partial charge in [0.05, 0.1) is 18.8 Å². The van der Waals surface area contributed by atoms with Crippen molar-refractivity contribution in [3.63, 3.8) is 0 Å². The van der Waals surface area contributed by atoms with Crippen LogP contribution in [0.2, 0.25) is 0 Å². The van der Waals surface area contributed by atoms with Crippen LogP contribution in [0.3, 0.4) is 0 Å². The van der Waals surface area contributed by atoms with Gasteiger partial charge in [-0.05, 0) is 58.4 Å². The number of aryl methyl sites for hydroxylation is 1. The summed E-state index contributed by atoms with van der Waals surface area (Å²) in [4.78, 5) is 26.3. The molecular formula is C19H29N3O3. The fraction of sp³-hybridized carbons (Fsp3) is 0.579. The zero-order valence-corrected chi connectivity index (χ0v) is 15.8. The lowest BCUT2D eigenvalue weighted by Crippen LogP contribution is -2.49. The molecule has 0 saturated carbocycles. The van der Waals surface area contributed by atoms with Gasteiger partial charge in [0, 0.05) is 30.4 Å². The van der Waals surface area contributed by atoms with E-state index in [-0.39, 0.29) is 36.6 Å². The molecule has 6 heteroatoms. The minimum atomic E-state index is -0.0861. The summed E-state index contributed by atoms with van der Waals surface area (Å²) in [5.41, 5.74) is 2.43. The number of ether oxygens (including phenoxy) is 1. The van der Waals surface area contributed by atoms with Gasteiger partial charge in [0.2, 0.25) is 5.91 Å². The molecular weight excluding hydrogens is 318 g/mol. The molecule has 0 bridgehead atoms. The predicted octanol–water partition coefficient (Wildman–Crippen LogP) is 2.18. The quantitative estimate of drug-likeness (QED) is 0.856. The molecule has 0 radical (unpaired) electrons. The van der Waals surface area contributed by atoms with Crippen LogP contribution in [0.25, 0.3) is 0 Å². The average molecular weight is 347 g/mol. The summed E-state index contributed by atoms with van der Waals surface area (Å²) < 4.78 is 5.66. The molecule has 1 fully saturated rings. The van der Waals surface area contributed by atoms with Crippen LogP contribution in [0.5, 0.6) is 0 Å². The van der Waals surface area contributed by atoms with E-state index in [0.717, 1.165) is 11.3 Å². The van der Waals surface area contributed by atoms with Gasteiger partial charge in [-0.15, -0.1) is 0 Å². The molecule has 1 saturated heterocycles. The summed E-state index contributed by atoms with van der Waals surface area (Å²) in [7, 11) is 0. The third kappa shape index (κ3) is 5.46. The van der Waals surface area contributed by atoms with Crippen molar-refractivity contribution in [2.45, 2.75) is 52.9 Å². The van der Waals surface area contributed by atoms with E-state index < -0.39 is 0 Å². The van der Waals surface area contributed by atoms with Gasteiger partial charge >= 0.3 is 0 Å². The zero-order valence-electron chi connectivity index (χ0n) is 15.8. The van der Waals surface area contributed by atoms with Gasteiger partial charge < -0.3 is 20.3 Å². The Bertz CT molecular complexity index is 620. The Labute approximate surface area is 149 Å². The Morgan fingerprint density at radius 2 is 1.88 bits per heavy atom. The van der Waals surface area contributed by atoms with Gasteiger partial charge in [-0.1, -0.05) is 0 Å². The number of nitrogens with zero attached hydrogens (tertiary/aromatic N) is 1. The normalized spacial score (nSPS) is 20.5. The summed E-state index contributed by atoms with van der Waals surface area (Å²) in [6, 6.07) is 5.56. The second-order valence-corrected chi connectivity index (χ2v) is 7.07. The highest BCUT2D eigenvalue weighted by Crippen LogP contribution is 2.17. The smallest absolute Gasteiger partial charge is 0.251 e. The van der Waals surface area contributed by atoms with Gasteiger partial charge in [-0.3, -0.25) is 9.59 Å². The predicted molar refractivity (Wildman–Crippen MR) is 98.9 cm³/mol. The van der Waals surface area contributed by atoms with Gasteiger partial charge in [0.25, 0.3) is 5.91 Å². The molecule has 2 unspecified atom stereocenters. The molecule has 1 aromatic rings. The van der Waals surface area contributed by atoms with Crippen molar-refractivity contribution in [1.82, 2.24) is 10.2 Å². The minimum Gasteiger partial charge on any atom is -0.376 e. The number of amides is 2. The number of anilines is 1. The molecule has 0 aliphatic carbocycles. The standard InChI is InChI=1S/C19H29N3O3/c1-12(2)21-19(24)16-6-7-17(13(3)8-16)20-9-18(23)22-10-14(4)25-15(5)11-22/h6-8,12,14-15,20H,9-11H2,1-5H3,(H,21,24). The summed E-state index contributed by atoms with van der Waals surface area (Å²) in [6.45, 7) is 11.2. The summed E-state index contributed by atoms with van der Waals surface area (Å²) >= 11 is 0. The molecule has 25 heavy (non-hydrogen) atoms. The maximum Gasteiger partial charge on any atom is 0.251 e. The fourth-order valence-electron chi connectivity index (χ4n) is 3.01. The number of rotatable bonds is 5. The first kappa shape index (κ1) is 19.2. The molecule has 2 atom stereocenters. The first-order valence-electron chi connectivity index (χ1n) is 8.85. The number of carbonyl (C=O) groups is 2. The van der Waals surface area contributed by atoms with Crippen LogP contribution in [-0.2, 0) is 9.53 Å². The fourth-order valence-corrected chi connectivity index (χ4v) is 3.01. The Morgan fingerprint density at radius 3 is 2.44 bits per heavy atom. The Kier molecular flexibility index (Phi) is 6.42.